The average Bonchev–Trinajstić information content (AvgIpc) is 2.73. The first-order chi connectivity index (χ1) is 14.8. The second-order valence-electron chi connectivity index (χ2n) is 7.49. The van der Waals surface area contributed by atoms with Crippen LogP contribution in [0, 0.1) is 12.8 Å². The Morgan fingerprint density at radius 1 is 1.06 bits per heavy atom. The summed E-state index contributed by atoms with van der Waals surface area (Å²) in [6, 6.07) is 10.5. The number of nitrogens with one attached hydrogen (secondary N) is 3. The summed E-state index contributed by atoms with van der Waals surface area (Å²) in [5.74, 6) is 0.00160. The van der Waals surface area contributed by atoms with Gasteiger partial charge in [-0.25, -0.2) is 4.98 Å². The van der Waals surface area contributed by atoms with Gasteiger partial charge < -0.3 is 15.6 Å². The van der Waals surface area contributed by atoms with Gasteiger partial charge in [-0.2, -0.15) is 0 Å². The van der Waals surface area contributed by atoms with Gasteiger partial charge >= 0.3 is 0 Å². The minimum absolute atomic E-state index is 0.0964. The molecule has 0 aliphatic rings. The number of benzene rings is 1. The molecule has 2 heterocycles. The molecule has 0 fully saturated rings. The van der Waals surface area contributed by atoms with Crippen molar-refractivity contribution in [3.63, 3.8) is 0 Å². The summed E-state index contributed by atoms with van der Waals surface area (Å²) in [5.41, 5.74) is 2.75. The van der Waals surface area contributed by atoms with Crippen LogP contribution in [0.2, 0.25) is 0 Å². The minimum atomic E-state index is -0.259. The highest BCUT2D eigenvalue weighted by Crippen LogP contribution is 2.17. The third-order valence-corrected chi connectivity index (χ3v) is 4.72. The normalized spacial score (nSPS) is 10.7. The number of hydrogen-bond donors (Lipinski definition) is 3. The third-order valence-electron chi connectivity index (χ3n) is 4.72. The smallest absolute Gasteiger partial charge is 0.254 e. The number of nitrogens with zero attached hydrogens (tertiary/aromatic N) is 2. The molecular weight excluding hydrogens is 394 g/mol. The Morgan fingerprint density at radius 3 is 2.39 bits per heavy atom. The standard InChI is InChI=1S/C23H25N5O3/c1-14(2)22(30)27-18-6-4-5-17(13-18)26-20(29)8-7-19-15(3)25-21(28-23(19)31)16-9-11-24-12-10-16/h4-6,9-14H,7-8H2,1-3H3,(H,26,29)(H,27,30)(H,25,28,31). The number of carbonyl (C=O) groups excluding carboxylic acids is 2. The van der Waals surface area contributed by atoms with Gasteiger partial charge in [0.25, 0.3) is 5.56 Å². The molecule has 0 atom stereocenters. The summed E-state index contributed by atoms with van der Waals surface area (Å²) < 4.78 is 0. The zero-order valence-electron chi connectivity index (χ0n) is 17.7. The molecule has 0 spiro atoms. The van der Waals surface area contributed by atoms with Crippen LogP contribution in [0.15, 0.2) is 53.6 Å². The van der Waals surface area contributed by atoms with Crippen LogP contribution < -0.4 is 16.2 Å². The molecule has 2 aromatic heterocycles. The van der Waals surface area contributed by atoms with Crippen molar-refractivity contribution in [1.82, 2.24) is 15.0 Å². The molecule has 0 bridgehead atoms. The van der Waals surface area contributed by atoms with Crippen LogP contribution in [0.3, 0.4) is 0 Å². The lowest BCUT2D eigenvalue weighted by Crippen LogP contribution is -2.20. The molecular formula is C23H25N5O3. The number of aryl methyl sites for hydroxylation is 1. The monoisotopic (exact) mass is 419 g/mol. The molecule has 3 aromatic rings. The number of H-pyrrole nitrogens is 1. The summed E-state index contributed by atoms with van der Waals surface area (Å²) in [6.07, 6.45) is 3.65. The highest BCUT2D eigenvalue weighted by atomic mass is 16.2. The van der Waals surface area contributed by atoms with Crippen LogP contribution in [0.25, 0.3) is 11.4 Å². The topological polar surface area (TPSA) is 117 Å². The first-order valence-corrected chi connectivity index (χ1v) is 10.0. The predicted octanol–water partition coefficient (Wildman–Crippen LogP) is 3.31. The third kappa shape index (κ3) is 5.85. The van der Waals surface area contributed by atoms with Crippen molar-refractivity contribution >= 4 is 23.2 Å². The van der Waals surface area contributed by atoms with Crippen molar-refractivity contribution in [3.8, 4) is 11.4 Å². The first kappa shape index (κ1) is 21.9. The highest BCUT2D eigenvalue weighted by Gasteiger charge is 2.12. The fourth-order valence-corrected chi connectivity index (χ4v) is 2.97. The van der Waals surface area contributed by atoms with Crippen LogP contribution in [0.1, 0.15) is 31.5 Å². The van der Waals surface area contributed by atoms with Crippen molar-refractivity contribution in [2.24, 2.45) is 5.92 Å². The SMILES string of the molecule is Cc1nc(-c2ccncc2)[nH]c(=O)c1CCC(=O)Nc1cccc(NC(=O)C(C)C)c1. The maximum absolute atomic E-state index is 12.5. The second kappa shape index (κ2) is 9.80. The van der Waals surface area contributed by atoms with Crippen molar-refractivity contribution in [2.75, 3.05) is 10.6 Å². The van der Waals surface area contributed by atoms with E-state index >= 15 is 0 Å². The van der Waals surface area contributed by atoms with E-state index < -0.39 is 0 Å². The van der Waals surface area contributed by atoms with Crippen molar-refractivity contribution in [3.05, 3.63) is 70.4 Å². The van der Waals surface area contributed by atoms with Crippen LogP contribution in [-0.2, 0) is 16.0 Å². The van der Waals surface area contributed by atoms with Gasteiger partial charge in [-0.15, -0.1) is 0 Å². The zero-order chi connectivity index (χ0) is 22.4. The molecule has 8 nitrogen and oxygen atoms in total. The summed E-state index contributed by atoms with van der Waals surface area (Å²) in [7, 11) is 0. The van der Waals surface area contributed by atoms with E-state index in [1.54, 1.807) is 55.7 Å². The quantitative estimate of drug-likeness (QED) is 0.543. The zero-order valence-corrected chi connectivity index (χ0v) is 17.7. The minimum Gasteiger partial charge on any atom is -0.326 e. The number of pyridine rings is 1. The first-order valence-electron chi connectivity index (χ1n) is 10.0. The number of rotatable bonds is 7. The second-order valence-corrected chi connectivity index (χ2v) is 7.49. The Labute approximate surface area is 180 Å². The van der Waals surface area contributed by atoms with E-state index in [-0.39, 0.29) is 36.1 Å². The average molecular weight is 419 g/mol. The Morgan fingerprint density at radius 2 is 1.74 bits per heavy atom. The number of anilines is 2. The Kier molecular flexibility index (Phi) is 6.92. The Bertz CT molecular complexity index is 1140. The summed E-state index contributed by atoms with van der Waals surface area (Å²) in [5, 5.41) is 5.60. The van der Waals surface area contributed by atoms with Gasteiger partial charge in [-0.05, 0) is 43.7 Å². The molecule has 0 aliphatic carbocycles. The van der Waals surface area contributed by atoms with E-state index in [0.29, 0.717) is 28.5 Å². The Hall–Kier alpha value is -3.81. The van der Waals surface area contributed by atoms with Crippen LogP contribution in [0.4, 0.5) is 11.4 Å². The van der Waals surface area contributed by atoms with Gasteiger partial charge in [-0.3, -0.25) is 19.4 Å². The molecule has 0 aliphatic heterocycles. The highest BCUT2D eigenvalue weighted by molar-refractivity contribution is 5.94. The van der Waals surface area contributed by atoms with Crippen molar-refractivity contribution in [1.29, 1.82) is 0 Å². The van der Waals surface area contributed by atoms with Gasteiger partial charge in [0.2, 0.25) is 11.8 Å². The van der Waals surface area contributed by atoms with Gasteiger partial charge in [0.1, 0.15) is 5.82 Å². The molecule has 31 heavy (non-hydrogen) atoms. The van der Waals surface area contributed by atoms with Crippen LogP contribution in [0.5, 0.6) is 0 Å². The van der Waals surface area contributed by atoms with E-state index in [1.807, 2.05) is 13.8 Å². The van der Waals surface area contributed by atoms with Gasteiger partial charge in [0, 0.05) is 52.9 Å². The molecule has 160 valence electrons. The summed E-state index contributed by atoms with van der Waals surface area (Å²) >= 11 is 0. The van der Waals surface area contributed by atoms with E-state index in [9.17, 15) is 14.4 Å². The number of aromatic amines is 1. The molecule has 0 saturated carbocycles. The van der Waals surface area contributed by atoms with Gasteiger partial charge in [0.05, 0.1) is 0 Å². The van der Waals surface area contributed by atoms with Crippen LogP contribution >= 0.6 is 0 Å². The number of aromatic nitrogens is 3. The summed E-state index contributed by atoms with van der Waals surface area (Å²) in [6.45, 7) is 5.38. The largest absolute Gasteiger partial charge is 0.326 e. The maximum atomic E-state index is 12.5. The lowest BCUT2D eigenvalue weighted by atomic mass is 10.1. The van der Waals surface area contributed by atoms with E-state index in [4.69, 9.17) is 0 Å². The molecule has 3 rings (SSSR count). The predicted molar refractivity (Wildman–Crippen MR) is 120 cm³/mol. The lowest BCUT2D eigenvalue weighted by Gasteiger charge is -2.11. The fourth-order valence-electron chi connectivity index (χ4n) is 2.97. The molecule has 0 unspecified atom stereocenters. The van der Waals surface area contributed by atoms with Crippen molar-refractivity contribution < 1.29 is 9.59 Å². The number of amides is 2. The number of hydrogen-bond acceptors (Lipinski definition) is 5. The van der Waals surface area contributed by atoms with Gasteiger partial charge in [-0.1, -0.05) is 19.9 Å². The van der Waals surface area contributed by atoms with E-state index in [0.717, 1.165) is 5.56 Å². The van der Waals surface area contributed by atoms with Crippen molar-refractivity contribution in [2.45, 2.75) is 33.6 Å². The molecule has 0 radical (unpaired) electrons. The number of carbonyl (C=O) groups is 2. The molecule has 2 amide bonds. The molecule has 0 saturated heterocycles. The van der Waals surface area contributed by atoms with E-state index in [1.165, 1.54) is 0 Å². The van der Waals surface area contributed by atoms with Gasteiger partial charge in [0.15, 0.2) is 0 Å². The lowest BCUT2D eigenvalue weighted by molar-refractivity contribution is -0.119. The fraction of sp³-hybridized carbons (Fsp3) is 0.261. The molecule has 3 N–H and O–H groups in total. The Balaban J connectivity index is 1.64. The molecule has 8 heteroatoms. The van der Waals surface area contributed by atoms with E-state index in [2.05, 4.69) is 25.6 Å². The maximum Gasteiger partial charge on any atom is 0.254 e. The van der Waals surface area contributed by atoms with Crippen LogP contribution in [-0.4, -0.2) is 26.8 Å². The molecule has 1 aromatic carbocycles. The summed E-state index contributed by atoms with van der Waals surface area (Å²) in [4.78, 5) is 48.0.